The van der Waals surface area contributed by atoms with Gasteiger partial charge in [0.2, 0.25) is 0 Å². The molecule has 0 radical (unpaired) electrons. The Morgan fingerprint density at radius 2 is 1.74 bits per heavy atom. The second-order valence-corrected chi connectivity index (χ2v) is 8.06. The summed E-state index contributed by atoms with van der Waals surface area (Å²) >= 11 is 0. The average Bonchev–Trinajstić information content (AvgIpc) is 2.88. The molecule has 1 heterocycles. The van der Waals surface area contributed by atoms with E-state index in [1.54, 1.807) is 30.5 Å². The molecule has 3 aromatic rings. The zero-order valence-electron chi connectivity index (χ0n) is 19.1. The summed E-state index contributed by atoms with van der Waals surface area (Å²) in [5.41, 5.74) is 7.89. The van der Waals surface area contributed by atoms with Crippen molar-refractivity contribution in [1.82, 2.24) is 10.3 Å². The molecule has 0 spiro atoms. The third-order valence-corrected chi connectivity index (χ3v) is 5.68. The summed E-state index contributed by atoms with van der Waals surface area (Å²) in [5.74, 6) is -0.174. The van der Waals surface area contributed by atoms with Crippen molar-refractivity contribution in [3.05, 3.63) is 101 Å². The number of carbonyl (C=O) groups excluding carboxylic acids is 2. The van der Waals surface area contributed by atoms with Crippen LogP contribution in [0.2, 0.25) is 0 Å². The van der Waals surface area contributed by atoms with Crippen LogP contribution in [-0.2, 0) is 29.0 Å². The van der Waals surface area contributed by atoms with Crippen molar-refractivity contribution in [2.45, 2.75) is 19.5 Å². The summed E-state index contributed by atoms with van der Waals surface area (Å²) in [4.78, 5) is 25.9. The van der Waals surface area contributed by atoms with Crippen molar-refractivity contribution in [3.63, 3.8) is 0 Å². The zero-order chi connectivity index (χ0) is 23.8. The molecule has 0 unspecified atom stereocenters. The van der Waals surface area contributed by atoms with Crippen LogP contribution in [0.25, 0.3) is 0 Å². The van der Waals surface area contributed by atoms with Crippen molar-refractivity contribution in [2.75, 3.05) is 20.3 Å². The minimum atomic E-state index is -0.446. The minimum Gasteiger partial charge on any atom is -0.482 e. The number of fused-ring (bicyclic) bond motifs is 1. The van der Waals surface area contributed by atoms with Gasteiger partial charge in [-0.1, -0.05) is 36.4 Å². The predicted molar refractivity (Wildman–Crippen MR) is 130 cm³/mol. The molecule has 7 heteroatoms. The van der Waals surface area contributed by atoms with E-state index in [-0.39, 0.29) is 12.5 Å². The summed E-state index contributed by atoms with van der Waals surface area (Å²) in [6.07, 6.45) is 2.61. The first-order valence-corrected chi connectivity index (χ1v) is 11.1. The van der Waals surface area contributed by atoms with E-state index >= 15 is 0 Å². The Kier molecular flexibility index (Phi) is 7.67. The number of nitrogens with zero attached hydrogens (tertiary/aromatic N) is 2. The molecule has 4 rings (SSSR count). The highest BCUT2D eigenvalue weighted by Gasteiger charge is 2.16. The predicted octanol–water partition coefficient (Wildman–Crippen LogP) is 3.56. The normalized spacial score (nSPS) is 13.3. The van der Waals surface area contributed by atoms with Gasteiger partial charge in [-0.15, -0.1) is 0 Å². The van der Waals surface area contributed by atoms with E-state index in [2.05, 4.69) is 44.4 Å². The number of hydrogen-bond donors (Lipinski definition) is 1. The molecule has 0 fully saturated rings. The average molecular weight is 458 g/mol. The van der Waals surface area contributed by atoms with Gasteiger partial charge in [0.25, 0.3) is 5.91 Å². The lowest BCUT2D eigenvalue weighted by molar-refractivity contribution is -0.142. The first-order chi connectivity index (χ1) is 16.6. The lowest BCUT2D eigenvalue weighted by Crippen LogP contribution is -2.30. The molecule has 0 atom stereocenters. The maximum absolute atomic E-state index is 12.4. The molecule has 0 aromatic heterocycles. The molecule has 34 heavy (non-hydrogen) atoms. The van der Waals surface area contributed by atoms with Crippen LogP contribution in [-0.4, -0.2) is 43.3 Å². The number of methoxy groups -OCH3 is 1. The number of rotatable bonds is 8. The van der Waals surface area contributed by atoms with Crippen LogP contribution >= 0.6 is 0 Å². The van der Waals surface area contributed by atoms with Crippen molar-refractivity contribution in [1.29, 1.82) is 0 Å². The Balaban J connectivity index is 1.25. The van der Waals surface area contributed by atoms with Crippen molar-refractivity contribution < 1.29 is 19.1 Å². The van der Waals surface area contributed by atoms with E-state index in [0.717, 1.165) is 31.6 Å². The van der Waals surface area contributed by atoms with Crippen LogP contribution in [0, 0.1) is 0 Å². The molecule has 1 amide bonds. The van der Waals surface area contributed by atoms with E-state index in [1.165, 1.54) is 23.8 Å². The number of benzene rings is 3. The van der Waals surface area contributed by atoms with E-state index in [9.17, 15) is 9.59 Å². The molecule has 0 saturated heterocycles. The molecule has 3 aromatic carbocycles. The molecule has 1 aliphatic heterocycles. The highest BCUT2D eigenvalue weighted by molar-refractivity contribution is 5.94. The van der Waals surface area contributed by atoms with Gasteiger partial charge in [-0.25, -0.2) is 10.2 Å². The zero-order valence-corrected chi connectivity index (χ0v) is 19.1. The smallest absolute Gasteiger partial charge is 0.343 e. The molecule has 7 nitrogen and oxygen atoms in total. The fourth-order valence-electron chi connectivity index (χ4n) is 3.79. The number of amides is 1. The fraction of sp³-hybridized carbons (Fsp3) is 0.222. The SMILES string of the molecule is COC(=O)COc1ccc(/C=N\NC(=O)c2ccc(CN3CCc4ccccc4C3)cc2)cc1. The third-order valence-electron chi connectivity index (χ3n) is 5.68. The topological polar surface area (TPSA) is 80.2 Å². The van der Waals surface area contributed by atoms with Gasteiger partial charge in [0.05, 0.1) is 13.3 Å². The van der Waals surface area contributed by atoms with Gasteiger partial charge in [-0.05, 0) is 65.1 Å². The number of esters is 1. The number of hydrazone groups is 1. The summed E-state index contributed by atoms with van der Waals surface area (Å²) < 4.78 is 9.83. The van der Waals surface area contributed by atoms with E-state index in [0.29, 0.717) is 11.3 Å². The summed E-state index contributed by atoms with van der Waals surface area (Å²) in [6, 6.07) is 23.2. The highest BCUT2D eigenvalue weighted by atomic mass is 16.6. The van der Waals surface area contributed by atoms with Gasteiger partial charge in [-0.2, -0.15) is 5.10 Å². The van der Waals surface area contributed by atoms with Gasteiger partial charge in [0, 0.05) is 25.2 Å². The minimum absolute atomic E-state index is 0.148. The molecular formula is C27H27N3O4. The second kappa shape index (κ2) is 11.2. The quantitative estimate of drug-likeness (QED) is 0.318. The molecule has 0 saturated carbocycles. The van der Waals surface area contributed by atoms with Crippen molar-refractivity contribution in [2.24, 2.45) is 5.10 Å². The van der Waals surface area contributed by atoms with E-state index < -0.39 is 5.97 Å². The molecule has 0 bridgehead atoms. The maximum atomic E-state index is 12.4. The standard InChI is InChI=1S/C27H27N3O4/c1-33-26(31)19-34-25-12-8-20(9-13-25)16-28-29-27(32)23-10-6-21(7-11-23)17-30-15-14-22-4-2-3-5-24(22)18-30/h2-13,16H,14-15,17-19H2,1H3,(H,29,32)/b28-16-. The lowest BCUT2D eigenvalue weighted by Gasteiger charge is -2.28. The Bertz CT molecular complexity index is 1160. The summed E-state index contributed by atoms with van der Waals surface area (Å²) in [5, 5.41) is 4.02. The van der Waals surface area contributed by atoms with Crippen LogP contribution in [0.1, 0.15) is 32.6 Å². The largest absolute Gasteiger partial charge is 0.482 e. The van der Waals surface area contributed by atoms with Crippen LogP contribution in [0.4, 0.5) is 0 Å². The van der Waals surface area contributed by atoms with Gasteiger partial charge >= 0.3 is 5.97 Å². The fourth-order valence-corrected chi connectivity index (χ4v) is 3.79. The molecule has 1 aliphatic rings. The Hall–Kier alpha value is -3.97. The molecule has 1 N–H and O–H groups in total. The monoisotopic (exact) mass is 457 g/mol. The molecular weight excluding hydrogens is 430 g/mol. The van der Waals surface area contributed by atoms with Crippen molar-refractivity contribution in [3.8, 4) is 5.75 Å². The Morgan fingerprint density at radius 3 is 2.47 bits per heavy atom. The second-order valence-electron chi connectivity index (χ2n) is 8.06. The highest BCUT2D eigenvalue weighted by Crippen LogP contribution is 2.20. The van der Waals surface area contributed by atoms with E-state index in [1.807, 2.05) is 24.3 Å². The van der Waals surface area contributed by atoms with Gasteiger partial charge in [-0.3, -0.25) is 9.69 Å². The van der Waals surface area contributed by atoms with Gasteiger partial charge in [0.1, 0.15) is 5.75 Å². The Labute approximate surface area is 199 Å². The number of ether oxygens (including phenoxy) is 2. The van der Waals surface area contributed by atoms with Gasteiger partial charge < -0.3 is 9.47 Å². The Morgan fingerprint density at radius 1 is 1.00 bits per heavy atom. The van der Waals surface area contributed by atoms with Crippen LogP contribution in [0.15, 0.2) is 77.9 Å². The first-order valence-electron chi connectivity index (χ1n) is 11.1. The van der Waals surface area contributed by atoms with Crippen LogP contribution in [0.5, 0.6) is 5.75 Å². The maximum Gasteiger partial charge on any atom is 0.343 e. The summed E-state index contributed by atoms with van der Waals surface area (Å²) in [7, 11) is 1.31. The number of nitrogens with one attached hydrogen (secondary N) is 1. The first kappa shape index (κ1) is 23.2. The lowest BCUT2D eigenvalue weighted by atomic mass is 9.99. The van der Waals surface area contributed by atoms with Crippen LogP contribution < -0.4 is 10.2 Å². The number of hydrogen-bond acceptors (Lipinski definition) is 6. The van der Waals surface area contributed by atoms with Gasteiger partial charge in [0.15, 0.2) is 6.61 Å². The molecule has 0 aliphatic carbocycles. The number of carbonyl (C=O) groups is 2. The van der Waals surface area contributed by atoms with Crippen molar-refractivity contribution >= 4 is 18.1 Å². The van der Waals surface area contributed by atoms with E-state index in [4.69, 9.17) is 4.74 Å². The molecule has 174 valence electrons. The third kappa shape index (κ3) is 6.30. The van der Waals surface area contributed by atoms with Crippen LogP contribution in [0.3, 0.4) is 0 Å². The summed E-state index contributed by atoms with van der Waals surface area (Å²) in [6.45, 7) is 2.69.